The summed E-state index contributed by atoms with van der Waals surface area (Å²) < 4.78 is 27.9. The number of hydrogen-bond acceptors (Lipinski definition) is 4. The van der Waals surface area contributed by atoms with Gasteiger partial charge in [0.15, 0.2) is 0 Å². The van der Waals surface area contributed by atoms with E-state index in [0.29, 0.717) is 24.1 Å². The minimum Gasteiger partial charge on any atom is -0.321 e. The lowest BCUT2D eigenvalue weighted by Crippen LogP contribution is -2.24. The molecule has 0 bridgehead atoms. The molecule has 7 heteroatoms. The molecule has 0 atom stereocenters. The number of alkyl halides is 2. The van der Waals surface area contributed by atoms with Gasteiger partial charge in [-0.25, -0.2) is 13.8 Å². The zero-order chi connectivity index (χ0) is 18.1. The minimum absolute atomic E-state index is 0.00497. The molecule has 1 amide bonds. The monoisotopic (exact) mass is 373 g/mol. The van der Waals surface area contributed by atoms with Gasteiger partial charge in [0.2, 0.25) is 5.92 Å². The molecule has 2 aromatic heterocycles. The number of nitrogens with one attached hydrogen (secondary N) is 1. The Hall–Kier alpha value is -2.41. The molecule has 3 aromatic rings. The standard InChI is InChI=1S/C19H17F2N3OS/c20-19(21)5-3-12(4-6-19)15-8-13(9-16-17(15)23-11-26-16)18(25)24-14-2-1-7-22-10-14/h1-2,7-12H,3-6H2,(H,24,25). The number of rotatable bonds is 3. The van der Waals surface area contributed by atoms with Crippen LogP contribution in [0.25, 0.3) is 10.2 Å². The maximum atomic E-state index is 13.5. The third-order valence-electron chi connectivity index (χ3n) is 4.80. The summed E-state index contributed by atoms with van der Waals surface area (Å²) in [7, 11) is 0. The highest BCUT2D eigenvalue weighted by atomic mass is 32.1. The number of fused-ring (bicyclic) bond motifs is 1. The molecular weight excluding hydrogens is 356 g/mol. The van der Waals surface area contributed by atoms with Gasteiger partial charge in [-0.15, -0.1) is 11.3 Å². The molecule has 1 aliphatic carbocycles. The average molecular weight is 373 g/mol. The van der Waals surface area contributed by atoms with E-state index in [1.54, 1.807) is 36.1 Å². The molecule has 4 nitrogen and oxygen atoms in total. The van der Waals surface area contributed by atoms with Crippen molar-refractivity contribution in [2.24, 2.45) is 0 Å². The van der Waals surface area contributed by atoms with Crippen molar-refractivity contribution in [1.82, 2.24) is 9.97 Å². The highest BCUT2D eigenvalue weighted by molar-refractivity contribution is 7.16. The van der Waals surface area contributed by atoms with Crippen LogP contribution < -0.4 is 5.32 Å². The summed E-state index contributed by atoms with van der Waals surface area (Å²) in [5, 5.41) is 2.82. The SMILES string of the molecule is O=C(Nc1cccnc1)c1cc(C2CCC(F)(F)CC2)c2ncsc2c1. The smallest absolute Gasteiger partial charge is 0.255 e. The largest absolute Gasteiger partial charge is 0.321 e. The number of pyridine rings is 1. The number of hydrogen-bond donors (Lipinski definition) is 1. The first-order valence-electron chi connectivity index (χ1n) is 8.48. The number of anilines is 1. The maximum absolute atomic E-state index is 13.5. The van der Waals surface area contributed by atoms with Gasteiger partial charge >= 0.3 is 0 Å². The summed E-state index contributed by atoms with van der Waals surface area (Å²) in [5.74, 6) is -2.81. The Labute approximate surface area is 153 Å². The fourth-order valence-corrected chi connectivity index (χ4v) is 4.18. The Morgan fingerprint density at radius 1 is 1.27 bits per heavy atom. The number of thiazole rings is 1. The number of amides is 1. The highest BCUT2D eigenvalue weighted by Gasteiger charge is 2.36. The summed E-state index contributed by atoms with van der Waals surface area (Å²) in [5.41, 5.74) is 4.58. The van der Waals surface area contributed by atoms with Gasteiger partial charge in [0.05, 0.1) is 27.6 Å². The Morgan fingerprint density at radius 3 is 2.81 bits per heavy atom. The van der Waals surface area contributed by atoms with Crippen LogP contribution in [0, 0.1) is 0 Å². The van der Waals surface area contributed by atoms with Gasteiger partial charge in [-0.1, -0.05) is 0 Å². The highest BCUT2D eigenvalue weighted by Crippen LogP contribution is 2.43. The molecule has 1 N–H and O–H groups in total. The zero-order valence-corrected chi connectivity index (χ0v) is 14.7. The van der Waals surface area contributed by atoms with E-state index >= 15 is 0 Å². The molecule has 0 aliphatic heterocycles. The Balaban J connectivity index is 1.65. The van der Waals surface area contributed by atoms with Crippen molar-refractivity contribution < 1.29 is 13.6 Å². The third kappa shape index (κ3) is 3.44. The van der Waals surface area contributed by atoms with Crippen molar-refractivity contribution in [3.05, 3.63) is 53.3 Å². The summed E-state index contributed by atoms with van der Waals surface area (Å²) in [6.45, 7) is 0. The minimum atomic E-state index is -2.58. The number of halogens is 2. The van der Waals surface area contributed by atoms with Crippen molar-refractivity contribution in [1.29, 1.82) is 0 Å². The van der Waals surface area contributed by atoms with Crippen LogP contribution in [0.5, 0.6) is 0 Å². The lowest BCUT2D eigenvalue weighted by molar-refractivity contribution is -0.0381. The third-order valence-corrected chi connectivity index (χ3v) is 5.58. The van der Waals surface area contributed by atoms with Crippen molar-refractivity contribution in [3.63, 3.8) is 0 Å². The molecule has 0 spiro atoms. The molecule has 1 saturated carbocycles. The van der Waals surface area contributed by atoms with Crippen molar-refractivity contribution in [2.45, 2.75) is 37.5 Å². The number of aromatic nitrogens is 2. The lowest BCUT2D eigenvalue weighted by atomic mass is 9.81. The Kier molecular flexibility index (Phi) is 4.40. The van der Waals surface area contributed by atoms with Gasteiger partial charge in [-0.2, -0.15) is 0 Å². The normalized spacial score (nSPS) is 17.3. The molecular formula is C19H17F2N3OS. The van der Waals surface area contributed by atoms with E-state index in [-0.39, 0.29) is 24.7 Å². The average Bonchev–Trinajstić information content (AvgIpc) is 3.10. The molecule has 1 aliphatic rings. The van der Waals surface area contributed by atoms with E-state index in [9.17, 15) is 13.6 Å². The molecule has 26 heavy (non-hydrogen) atoms. The maximum Gasteiger partial charge on any atom is 0.255 e. The zero-order valence-electron chi connectivity index (χ0n) is 13.9. The van der Waals surface area contributed by atoms with Gasteiger partial charge < -0.3 is 5.32 Å². The van der Waals surface area contributed by atoms with Gasteiger partial charge in [0.25, 0.3) is 5.91 Å². The van der Waals surface area contributed by atoms with E-state index in [4.69, 9.17) is 0 Å². The van der Waals surface area contributed by atoms with E-state index in [1.807, 2.05) is 6.07 Å². The van der Waals surface area contributed by atoms with Gasteiger partial charge in [-0.05, 0) is 48.6 Å². The molecule has 134 valence electrons. The summed E-state index contributed by atoms with van der Waals surface area (Å²) in [6, 6.07) is 7.12. The van der Waals surface area contributed by atoms with Crippen LogP contribution in [0.2, 0.25) is 0 Å². The summed E-state index contributed by atoms with van der Waals surface area (Å²) in [4.78, 5) is 21.0. The number of carbonyl (C=O) groups is 1. The topological polar surface area (TPSA) is 54.9 Å². The quantitative estimate of drug-likeness (QED) is 0.683. The molecule has 4 rings (SSSR count). The fraction of sp³-hybridized carbons (Fsp3) is 0.316. The number of benzene rings is 1. The van der Waals surface area contributed by atoms with Crippen LogP contribution >= 0.6 is 11.3 Å². The molecule has 0 saturated heterocycles. The molecule has 1 aromatic carbocycles. The molecule has 2 heterocycles. The predicted molar refractivity (Wildman–Crippen MR) is 98.0 cm³/mol. The van der Waals surface area contributed by atoms with Crippen molar-refractivity contribution in [3.8, 4) is 0 Å². The first kappa shape index (κ1) is 17.0. The fourth-order valence-electron chi connectivity index (χ4n) is 3.43. The second-order valence-electron chi connectivity index (χ2n) is 6.59. The number of nitrogens with zero attached hydrogens (tertiary/aromatic N) is 2. The molecule has 1 fully saturated rings. The van der Waals surface area contributed by atoms with Crippen molar-refractivity contribution >= 4 is 33.1 Å². The number of carbonyl (C=O) groups excluding carboxylic acids is 1. The van der Waals surface area contributed by atoms with Crippen molar-refractivity contribution in [2.75, 3.05) is 5.32 Å². The lowest BCUT2D eigenvalue weighted by Gasteiger charge is -2.28. The van der Waals surface area contributed by atoms with Crippen LogP contribution in [0.4, 0.5) is 14.5 Å². The second-order valence-corrected chi connectivity index (χ2v) is 7.48. The summed E-state index contributed by atoms with van der Waals surface area (Å²) in [6.07, 6.45) is 3.80. The van der Waals surface area contributed by atoms with E-state index in [2.05, 4.69) is 15.3 Å². The van der Waals surface area contributed by atoms with Crippen LogP contribution in [-0.4, -0.2) is 21.8 Å². The first-order chi connectivity index (χ1) is 12.5. The van der Waals surface area contributed by atoms with Gasteiger partial charge in [0.1, 0.15) is 0 Å². The Morgan fingerprint density at radius 2 is 2.08 bits per heavy atom. The van der Waals surface area contributed by atoms with E-state index < -0.39 is 5.92 Å². The molecule has 0 unspecified atom stereocenters. The first-order valence-corrected chi connectivity index (χ1v) is 9.36. The van der Waals surface area contributed by atoms with Gasteiger partial charge in [-0.3, -0.25) is 9.78 Å². The Bertz CT molecular complexity index is 932. The summed E-state index contributed by atoms with van der Waals surface area (Å²) >= 11 is 1.45. The van der Waals surface area contributed by atoms with Crippen LogP contribution in [0.3, 0.4) is 0 Å². The van der Waals surface area contributed by atoms with Crippen LogP contribution in [-0.2, 0) is 0 Å². The van der Waals surface area contributed by atoms with E-state index in [1.165, 1.54) is 11.3 Å². The van der Waals surface area contributed by atoms with Crippen LogP contribution in [0.15, 0.2) is 42.2 Å². The molecule has 0 radical (unpaired) electrons. The predicted octanol–water partition coefficient (Wildman–Crippen LogP) is 5.24. The second kappa shape index (κ2) is 6.72. The van der Waals surface area contributed by atoms with Crippen LogP contribution in [0.1, 0.15) is 47.5 Å². The van der Waals surface area contributed by atoms with Gasteiger partial charge in [0, 0.05) is 24.6 Å². The van der Waals surface area contributed by atoms with E-state index in [0.717, 1.165) is 15.8 Å².